The Morgan fingerprint density at radius 2 is 2.00 bits per heavy atom. The molecular weight excluding hydrogens is 264 g/mol. The summed E-state index contributed by atoms with van der Waals surface area (Å²) in [6.07, 6.45) is 3.06. The largest absolute Gasteiger partial charge is 0.398 e. The van der Waals surface area contributed by atoms with Gasteiger partial charge in [0.25, 0.3) is 0 Å². The molecule has 6 nitrogen and oxygen atoms in total. The molecule has 0 amide bonds. The van der Waals surface area contributed by atoms with E-state index < -0.39 is 0 Å². The van der Waals surface area contributed by atoms with Gasteiger partial charge in [-0.05, 0) is 12.1 Å². The van der Waals surface area contributed by atoms with Crippen LogP contribution in [0.4, 0.5) is 11.5 Å². The Kier molecular flexibility index (Phi) is 2.72. The Morgan fingerprint density at radius 3 is 2.79 bits per heavy atom. The van der Waals surface area contributed by atoms with E-state index in [0.717, 1.165) is 5.56 Å². The SMILES string of the molecule is Nc1cccc(Cl)c1Cn1cnc(N)c2ncnc1-2. The molecule has 4 N–H and O–H groups in total. The summed E-state index contributed by atoms with van der Waals surface area (Å²) >= 11 is 6.16. The Morgan fingerprint density at radius 1 is 1.16 bits per heavy atom. The maximum absolute atomic E-state index is 6.16. The summed E-state index contributed by atoms with van der Waals surface area (Å²) in [5, 5.41) is 0.608. The Labute approximate surface area is 114 Å². The summed E-state index contributed by atoms with van der Waals surface area (Å²) in [5.74, 6) is 1.02. The highest BCUT2D eigenvalue weighted by Gasteiger charge is 2.16. The lowest BCUT2D eigenvalue weighted by Gasteiger charge is -2.13. The highest BCUT2D eigenvalue weighted by atomic mass is 35.5. The van der Waals surface area contributed by atoms with Gasteiger partial charge in [-0.15, -0.1) is 0 Å². The number of hydrogen-bond acceptors (Lipinski definition) is 5. The Bertz CT molecular complexity index is 687. The van der Waals surface area contributed by atoms with Crippen LogP contribution in [0.15, 0.2) is 30.9 Å². The third-order valence-electron chi connectivity index (χ3n) is 2.91. The molecule has 0 radical (unpaired) electrons. The van der Waals surface area contributed by atoms with Crippen molar-refractivity contribution in [2.75, 3.05) is 11.5 Å². The van der Waals surface area contributed by atoms with E-state index in [-0.39, 0.29) is 0 Å². The highest BCUT2D eigenvalue weighted by Crippen LogP contribution is 2.26. The molecule has 2 aliphatic rings. The molecule has 0 aliphatic carbocycles. The minimum Gasteiger partial charge on any atom is -0.398 e. The van der Waals surface area contributed by atoms with Gasteiger partial charge in [0.1, 0.15) is 12.0 Å². The third-order valence-corrected chi connectivity index (χ3v) is 3.27. The van der Waals surface area contributed by atoms with E-state index in [1.165, 1.54) is 6.33 Å². The lowest BCUT2D eigenvalue weighted by molar-refractivity contribution is 0.764. The average Bonchev–Trinajstić information content (AvgIpc) is 2.87. The molecule has 1 aromatic rings. The van der Waals surface area contributed by atoms with Crippen LogP contribution in [0.25, 0.3) is 11.5 Å². The topological polar surface area (TPSA) is 95.6 Å². The van der Waals surface area contributed by atoms with Crippen LogP contribution in [0.3, 0.4) is 0 Å². The Hall–Kier alpha value is -2.34. The first-order chi connectivity index (χ1) is 9.16. The van der Waals surface area contributed by atoms with Crippen molar-refractivity contribution in [3.8, 4) is 11.5 Å². The fourth-order valence-corrected chi connectivity index (χ4v) is 2.17. The summed E-state index contributed by atoms with van der Waals surface area (Å²) in [4.78, 5) is 12.4. The molecule has 3 rings (SSSR count). The van der Waals surface area contributed by atoms with E-state index in [1.54, 1.807) is 18.5 Å². The molecule has 0 saturated heterocycles. The standard InChI is InChI=1S/C12H11ClN6/c13-8-2-1-3-9(14)7(8)4-19-6-18-11(15)10-12(19)17-5-16-10/h1-3,5-6H,4,14-15H2. The fourth-order valence-electron chi connectivity index (χ4n) is 1.93. The van der Waals surface area contributed by atoms with Crippen molar-refractivity contribution in [3.63, 3.8) is 0 Å². The molecule has 2 heterocycles. The van der Waals surface area contributed by atoms with Crippen LogP contribution >= 0.6 is 11.6 Å². The van der Waals surface area contributed by atoms with Crippen LogP contribution in [-0.2, 0) is 6.54 Å². The number of halogens is 1. The number of fused-ring (bicyclic) bond motifs is 1. The molecule has 0 unspecified atom stereocenters. The number of anilines is 2. The first kappa shape index (κ1) is 11.7. The number of rotatable bonds is 2. The summed E-state index contributed by atoms with van der Waals surface area (Å²) in [6, 6.07) is 5.41. The van der Waals surface area contributed by atoms with Gasteiger partial charge in [0.05, 0.1) is 12.9 Å². The van der Waals surface area contributed by atoms with Crippen molar-refractivity contribution in [3.05, 3.63) is 41.4 Å². The lowest BCUT2D eigenvalue weighted by atomic mass is 10.1. The van der Waals surface area contributed by atoms with Crippen molar-refractivity contribution < 1.29 is 0 Å². The van der Waals surface area contributed by atoms with Crippen molar-refractivity contribution in [2.45, 2.75) is 6.54 Å². The molecule has 0 saturated carbocycles. The number of nitrogen functional groups attached to an aromatic ring is 2. The van der Waals surface area contributed by atoms with E-state index in [4.69, 9.17) is 23.1 Å². The molecule has 0 bridgehead atoms. The number of imidazole rings is 1. The first-order valence-corrected chi connectivity index (χ1v) is 5.99. The van der Waals surface area contributed by atoms with Crippen LogP contribution in [-0.4, -0.2) is 19.5 Å². The predicted molar refractivity (Wildman–Crippen MR) is 73.8 cm³/mol. The number of aromatic nitrogens is 4. The molecule has 0 spiro atoms. The third kappa shape index (κ3) is 1.96. The van der Waals surface area contributed by atoms with Gasteiger partial charge in [-0.1, -0.05) is 17.7 Å². The molecule has 1 aromatic carbocycles. The second-order valence-corrected chi connectivity index (χ2v) is 4.52. The summed E-state index contributed by atoms with van der Waals surface area (Å²) in [6.45, 7) is 0.466. The van der Waals surface area contributed by atoms with E-state index in [0.29, 0.717) is 34.6 Å². The second-order valence-electron chi connectivity index (χ2n) is 4.11. The van der Waals surface area contributed by atoms with Crippen molar-refractivity contribution in [2.24, 2.45) is 0 Å². The van der Waals surface area contributed by atoms with Gasteiger partial charge in [0, 0.05) is 16.3 Å². The van der Waals surface area contributed by atoms with Gasteiger partial charge in [-0.25, -0.2) is 15.0 Å². The summed E-state index contributed by atoms with van der Waals surface area (Å²) in [7, 11) is 0. The molecule has 7 heteroatoms. The molecule has 0 atom stereocenters. The Balaban J connectivity index is 2.07. The maximum atomic E-state index is 6.16. The summed E-state index contributed by atoms with van der Waals surface area (Å²) < 4.78 is 1.82. The molecule has 2 aliphatic heterocycles. The number of hydrogen-bond donors (Lipinski definition) is 2. The van der Waals surface area contributed by atoms with Gasteiger partial charge in [0.15, 0.2) is 11.6 Å². The van der Waals surface area contributed by atoms with Gasteiger partial charge in [-0.3, -0.25) is 0 Å². The lowest BCUT2D eigenvalue weighted by Crippen LogP contribution is -2.10. The van der Waals surface area contributed by atoms with Gasteiger partial charge < -0.3 is 16.0 Å². The second kappa shape index (κ2) is 4.40. The van der Waals surface area contributed by atoms with Crippen LogP contribution < -0.4 is 11.5 Å². The normalized spacial score (nSPS) is 11.0. The van der Waals surface area contributed by atoms with Crippen LogP contribution in [0, 0.1) is 0 Å². The van der Waals surface area contributed by atoms with Crippen molar-refractivity contribution in [1.82, 2.24) is 19.5 Å². The fraction of sp³-hybridized carbons (Fsp3) is 0.0833. The minimum atomic E-state index is 0.357. The zero-order valence-electron chi connectivity index (χ0n) is 9.92. The van der Waals surface area contributed by atoms with E-state index >= 15 is 0 Å². The van der Waals surface area contributed by atoms with Crippen LogP contribution in [0.5, 0.6) is 0 Å². The highest BCUT2D eigenvalue weighted by molar-refractivity contribution is 6.31. The van der Waals surface area contributed by atoms with Crippen molar-refractivity contribution >= 4 is 23.1 Å². The van der Waals surface area contributed by atoms with E-state index in [2.05, 4.69) is 15.0 Å². The first-order valence-electron chi connectivity index (χ1n) is 5.61. The van der Waals surface area contributed by atoms with Crippen LogP contribution in [0.1, 0.15) is 5.56 Å². The zero-order chi connectivity index (χ0) is 13.4. The molecule has 0 aromatic heterocycles. The molecule has 96 valence electrons. The maximum Gasteiger partial charge on any atom is 0.165 e. The predicted octanol–water partition coefficient (Wildman–Crippen LogP) is 1.64. The smallest absolute Gasteiger partial charge is 0.165 e. The minimum absolute atomic E-state index is 0.357. The van der Waals surface area contributed by atoms with Gasteiger partial charge in [-0.2, -0.15) is 0 Å². The quantitative estimate of drug-likeness (QED) is 0.693. The number of nitrogens with two attached hydrogens (primary N) is 2. The van der Waals surface area contributed by atoms with E-state index in [1.807, 2.05) is 10.6 Å². The zero-order valence-corrected chi connectivity index (χ0v) is 10.7. The number of benzene rings is 1. The molecule has 19 heavy (non-hydrogen) atoms. The van der Waals surface area contributed by atoms with Crippen molar-refractivity contribution in [1.29, 1.82) is 0 Å². The monoisotopic (exact) mass is 274 g/mol. The number of nitrogens with zero attached hydrogens (tertiary/aromatic N) is 4. The van der Waals surface area contributed by atoms with Gasteiger partial charge in [0.2, 0.25) is 0 Å². The molecular formula is C12H11ClN6. The van der Waals surface area contributed by atoms with Gasteiger partial charge >= 0.3 is 0 Å². The summed E-state index contributed by atoms with van der Waals surface area (Å²) in [5.41, 5.74) is 13.7. The van der Waals surface area contributed by atoms with E-state index in [9.17, 15) is 0 Å². The molecule has 0 fully saturated rings. The van der Waals surface area contributed by atoms with Crippen LogP contribution in [0.2, 0.25) is 5.02 Å². The average molecular weight is 275 g/mol.